The predicted molar refractivity (Wildman–Crippen MR) is 64.7 cm³/mol. The van der Waals surface area contributed by atoms with E-state index in [2.05, 4.69) is 0 Å². The third-order valence-corrected chi connectivity index (χ3v) is 2.22. The van der Waals surface area contributed by atoms with E-state index in [1.165, 1.54) is 0 Å². The van der Waals surface area contributed by atoms with Gasteiger partial charge in [0.2, 0.25) is 0 Å². The highest BCUT2D eigenvalue weighted by atomic mass is 16.9. The molecule has 0 amide bonds. The van der Waals surface area contributed by atoms with Gasteiger partial charge >= 0.3 is 5.97 Å². The Labute approximate surface area is 104 Å². The zero-order valence-corrected chi connectivity index (χ0v) is 11.4. The first-order chi connectivity index (χ1) is 8.16. The van der Waals surface area contributed by atoms with Crippen LogP contribution in [0.2, 0.25) is 0 Å². The molecule has 0 saturated heterocycles. The molecule has 0 aliphatic heterocycles. The van der Waals surface area contributed by atoms with Crippen molar-refractivity contribution in [2.45, 2.75) is 46.2 Å². The van der Waals surface area contributed by atoms with Crippen molar-refractivity contribution in [3.8, 4) is 0 Å². The van der Waals surface area contributed by atoms with Gasteiger partial charge in [-0.05, 0) is 27.2 Å². The Hall–Kier alpha value is -0.200. The van der Waals surface area contributed by atoms with Crippen LogP contribution in [0.25, 0.3) is 0 Å². The molecule has 0 spiro atoms. The van der Waals surface area contributed by atoms with Crippen molar-refractivity contribution < 1.29 is 24.1 Å². The minimum absolute atomic E-state index is 0.324. The summed E-state index contributed by atoms with van der Waals surface area (Å²) in [6.45, 7) is 9.67. The van der Waals surface area contributed by atoms with Crippen molar-refractivity contribution in [3.05, 3.63) is 0 Å². The van der Waals surface area contributed by atoms with Crippen molar-refractivity contribution >= 4 is 0 Å². The van der Waals surface area contributed by atoms with E-state index >= 15 is 0 Å². The molecule has 5 nitrogen and oxygen atoms in total. The van der Waals surface area contributed by atoms with E-state index in [1.54, 1.807) is 0 Å². The van der Waals surface area contributed by atoms with Gasteiger partial charge < -0.3 is 24.1 Å². The zero-order chi connectivity index (χ0) is 13.1. The lowest BCUT2D eigenvalue weighted by molar-refractivity contribution is -0.412. The highest BCUT2D eigenvalue weighted by molar-refractivity contribution is 4.68. The molecule has 0 radical (unpaired) electrons. The SMILES string of the molecule is CCOCCOC(OCC)(OCC)C(O)CC. The van der Waals surface area contributed by atoms with Crippen molar-refractivity contribution in [1.82, 2.24) is 0 Å². The zero-order valence-electron chi connectivity index (χ0n) is 11.4. The molecule has 0 saturated carbocycles. The van der Waals surface area contributed by atoms with E-state index in [9.17, 15) is 5.11 Å². The second-order valence-corrected chi connectivity index (χ2v) is 3.44. The molecule has 0 rings (SSSR count). The summed E-state index contributed by atoms with van der Waals surface area (Å²) in [5.74, 6) is -1.37. The van der Waals surface area contributed by atoms with Gasteiger partial charge in [0, 0.05) is 19.8 Å². The van der Waals surface area contributed by atoms with Crippen LogP contribution in [0.4, 0.5) is 0 Å². The molecule has 0 aromatic heterocycles. The maximum absolute atomic E-state index is 9.97. The first-order valence-electron chi connectivity index (χ1n) is 6.34. The summed E-state index contributed by atoms with van der Waals surface area (Å²) in [7, 11) is 0. The van der Waals surface area contributed by atoms with Gasteiger partial charge in [0.05, 0.1) is 13.2 Å². The Morgan fingerprint density at radius 3 is 1.88 bits per heavy atom. The second kappa shape index (κ2) is 9.79. The van der Waals surface area contributed by atoms with Gasteiger partial charge in [0.25, 0.3) is 0 Å². The minimum atomic E-state index is -1.37. The normalized spacial score (nSPS) is 13.9. The summed E-state index contributed by atoms with van der Waals surface area (Å²) < 4.78 is 21.6. The summed E-state index contributed by atoms with van der Waals surface area (Å²) in [4.78, 5) is 0. The number of ether oxygens (including phenoxy) is 4. The lowest BCUT2D eigenvalue weighted by Gasteiger charge is -2.36. The standard InChI is InChI=1S/C12H26O5/c1-5-11(13)12(15-7-3,16-8-4)17-10-9-14-6-2/h11,13H,5-10H2,1-4H3. The maximum atomic E-state index is 9.97. The average Bonchev–Trinajstić information content (AvgIpc) is 2.34. The molecule has 1 N–H and O–H groups in total. The monoisotopic (exact) mass is 250 g/mol. The molecule has 1 unspecified atom stereocenters. The molecule has 1 atom stereocenters. The van der Waals surface area contributed by atoms with Crippen LogP contribution >= 0.6 is 0 Å². The topological polar surface area (TPSA) is 57.2 Å². The molecule has 0 aromatic rings. The number of rotatable bonds is 11. The minimum Gasteiger partial charge on any atom is -0.385 e. The number of hydrogen-bond acceptors (Lipinski definition) is 5. The van der Waals surface area contributed by atoms with Crippen molar-refractivity contribution in [1.29, 1.82) is 0 Å². The molecular weight excluding hydrogens is 224 g/mol. The van der Waals surface area contributed by atoms with E-state index in [4.69, 9.17) is 18.9 Å². The Kier molecular flexibility index (Phi) is 9.68. The Morgan fingerprint density at radius 2 is 1.47 bits per heavy atom. The number of hydrogen-bond donors (Lipinski definition) is 1. The molecule has 5 heteroatoms. The molecule has 0 bridgehead atoms. The van der Waals surface area contributed by atoms with E-state index in [1.807, 2.05) is 27.7 Å². The summed E-state index contributed by atoms with van der Waals surface area (Å²) in [6, 6.07) is 0. The maximum Gasteiger partial charge on any atom is 0.310 e. The van der Waals surface area contributed by atoms with Gasteiger partial charge in [-0.3, -0.25) is 0 Å². The first kappa shape index (κ1) is 16.8. The van der Waals surface area contributed by atoms with Crippen LogP contribution in [0.1, 0.15) is 34.1 Å². The van der Waals surface area contributed by atoms with Crippen LogP contribution < -0.4 is 0 Å². The van der Waals surface area contributed by atoms with E-state index in [0.29, 0.717) is 39.5 Å². The third kappa shape index (κ3) is 5.79. The predicted octanol–water partition coefficient (Wildman–Crippen LogP) is 1.54. The quantitative estimate of drug-likeness (QED) is 0.445. The van der Waals surface area contributed by atoms with Crippen molar-refractivity contribution in [3.63, 3.8) is 0 Å². The summed E-state index contributed by atoms with van der Waals surface area (Å²) in [5, 5.41) is 9.97. The van der Waals surface area contributed by atoms with Gasteiger partial charge in [-0.25, -0.2) is 0 Å². The van der Waals surface area contributed by atoms with Crippen molar-refractivity contribution in [2.75, 3.05) is 33.0 Å². The second-order valence-electron chi connectivity index (χ2n) is 3.44. The smallest absolute Gasteiger partial charge is 0.310 e. The largest absolute Gasteiger partial charge is 0.385 e. The van der Waals surface area contributed by atoms with Crippen LogP contribution in [-0.2, 0) is 18.9 Å². The lowest BCUT2D eigenvalue weighted by atomic mass is 10.2. The number of aliphatic hydroxyl groups excluding tert-OH is 1. The van der Waals surface area contributed by atoms with Crippen LogP contribution in [0.15, 0.2) is 0 Å². The lowest BCUT2D eigenvalue weighted by Crippen LogP contribution is -2.50. The van der Waals surface area contributed by atoms with E-state index in [-0.39, 0.29) is 0 Å². The van der Waals surface area contributed by atoms with Gasteiger partial charge in [0.1, 0.15) is 6.10 Å². The van der Waals surface area contributed by atoms with Crippen LogP contribution in [-0.4, -0.2) is 50.2 Å². The fraction of sp³-hybridized carbons (Fsp3) is 1.00. The van der Waals surface area contributed by atoms with E-state index in [0.717, 1.165) is 0 Å². The Morgan fingerprint density at radius 1 is 0.882 bits per heavy atom. The highest BCUT2D eigenvalue weighted by Gasteiger charge is 2.40. The average molecular weight is 250 g/mol. The Balaban J connectivity index is 4.42. The number of aliphatic hydroxyl groups is 1. The van der Waals surface area contributed by atoms with Crippen LogP contribution in [0.5, 0.6) is 0 Å². The first-order valence-corrected chi connectivity index (χ1v) is 6.34. The van der Waals surface area contributed by atoms with Crippen LogP contribution in [0, 0.1) is 0 Å². The van der Waals surface area contributed by atoms with Gasteiger partial charge in [-0.2, -0.15) is 0 Å². The molecule has 0 fully saturated rings. The fourth-order valence-electron chi connectivity index (χ4n) is 1.45. The van der Waals surface area contributed by atoms with Gasteiger partial charge in [-0.15, -0.1) is 0 Å². The summed E-state index contributed by atoms with van der Waals surface area (Å²) in [6.07, 6.45) is -0.321. The van der Waals surface area contributed by atoms with E-state index < -0.39 is 12.1 Å². The molecule has 0 aromatic carbocycles. The van der Waals surface area contributed by atoms with Crippen molar-refractivity contribution in [2.24, 2.45) is 0 Å². The Bertz CT molecular complexity index is 168. The molecule has 17 heavy (non-hydrogen) atoms. The molecular formula is C12H26O5. The molecule has 0 aliphatic carbocycles. The highest BCUT2D eigenvalue weighted by Crippen LogP contribution is 2.22. The third-order valence-electron chi connectivity index (χ3n) is 2.22. The van der Waals surface area contributed by atoms with Crippen LogP contribution in [0.3, 0.4) is 0 Å². The summed E-state index contributed by atoms with van der Waals surface area (Å²) >= 11 is 0. The molecule has 0 heterocycles. The fourth-order valence-corrected chi connectivity index (χ4v) is 1.45. The molecule has 104 valence electrons. The molecule has 0 aliphatic rings. The van der Waals surface area contributed by atoms with Gasteiger partial charge in [-0.1, -0.05) is 6.92 Å². The summed E-state index contributed by atoms with van der Waals surface area (Å²) in [5.41, 5.74) is 0. The van der Waals surface area contributed by atoms with Gasteiger partial charge in [0.15, 0.2) is 0 Å².